The zero-order valence-corrected chi connectivity index (χ0v) is 10.5. The van der Waals surface area contributed by atoms with Crippen LogP contribution in [0.4, 0.5) is 0 Å². The normalized spacial score (nSPS) is 15.3. The topological polar surface area (TPSA) is 47.6 Å². The molecule has 0 saturated carbocycles. The van der Waals surface area contributed by atoms with Crippen LogP contribution in [0.3, 0.4) is 0 Å². The minimum absolute atomic E-state index is 0.652. The molecule has 90 valence electrons. The van der Waals surface area contributed by atoms with Crippen molar-refractivity contribution in [1.29, 1.82) is 0 Å². The molecular weight excluding hydrogens is 232 g/mol. The number of nitrogens with two attached hydrogens (primary N) is 1. The summed E-state index contributed by atoms with van der Waals surface area (Å²) in [6.07, 6.45) is 2.79. The van der Waals surface area contributed by atoms with E-state index in [1.54, 1.807) is 11.8 Å². The second kappa shape index (κ2) is 6.47. The number of hydrogen-bond acceptors (Lipinski definition) is 4. The highest BCUT2D eigenvalue weighted by molar-refractivity contribution is 8.14. The molecule has 0 saturated heterocycles. The quantitative estimate of drug-likeness (QED) is 0.815. The lowest BCUT2D eigenvalue weighted by Gasteiger charge is -2.10. The maximum Gasteiger partial charge on any atom is 0.158 e. The molecule has 1 aromatic carbocycles. The number of thioether (sulfide) groups is 1. The number of amidine groups is 1. The van der Waals surface area contributed by atoms with Crippen LogP contribution < -0.4 is 5.73 Å². The van der Waals surface area contributed by atoms with Gasteiger partial charge in [-0.1, -0.05) is 42.1 Å². The summed E-state index contributed by atoms with van der Waals surface area (Å²) in [7, 11) is 0. The number of hydrogen-bond donors (Lipinski definition) is 1. The Bertz CT molecular complexity index is 415. The molecule has 1 heterocycles. The molecule has 4 heteroatoms. The highest BCUT2D eigenvalue weighted by atomic mass is 32.2. The minimum atomic E-state index is 0.652. The van der Waals surface area contributed by atoms with E-state index in [2.05, 4.69) is 17.1 Å². The van der Waals surface area contributed by atoms with Crippen molar-refractivity contribution in [2.75, 3.05) is 12.4 Å². The van der Waals surface area contributed by atoms with Crippen LogP contribution in [-0.4, -0.2) is 17.5 Å². The third-order valence-electron chi connectivity index (χ3n) is 2.46. The molecule has 1 aliphatic rings. The van der Waals surface area contributed by atoms with Crippen molar-refractivity contribution in [2.24, 2.45) is 10.7 Å². The second-order valence-corrected chi connectivity index (χ2v) is 4.83. The molecule has 1 aliphatic heterocycles. The van der Waals surface area contributed by atoms with Gasteiger partial charge in [0.05, 0.1) is 13.2 Å². The van der Waals surface area contributed by atoms with Gasteiger partial charge in [0.25, 0.3) is 0 Å². The molecule has 0 unspecified atom stereocenters. The largest absolute Gasteiger partial charge is 0.378 e. The fourth-order valence-corrected chi connectivity index (χ4v) is 2.18. The van der Waals surface area contributed by atoms with Gasteiger partial charge in [-0.2, -0.15) is 0 Å². The average Bonchev–Trinajstić information content (AvgIpc) is 2.38. The van der Waals surface area contributed by atoms with Crippen LogP contribution >= 0.6 is 11.8 Å². The van der Waals surface area contributed by atoms with Crippen molar-refractivity contribution >= 4 is 16.9 Å². The lowest BCUT2D eigenvalue weighted by atomic mass is 10.2. The molecule has 0 atom stereocenters. The predicted octanol–water partition coefficient (Wildman–Crippen LogP) is 2.54. The summed E-state index contributed by atoms with van der Waals surface area (Å²) >= 11 is 1.58. The van der Waals surface area contributed by atoms with Crippen molar-refractivity contribution in [3.05, 3.63) is 47.7 Å². The summed E-state index contributed by atoms with van der Waals surface area (Å²) in [5, 5.41) is 0.652. The molecule has 17 heavy (non-hydrogen) atoms. The molecule has 2 rings (SSSR count). The first-order valence-electron chi connectivity index (χ1n) is 5.60. The van der Waals surface area contributed by atoms with Crippen molar-refractivity contribution < 1.29 is 4.74 Å². The lowest BCUT2D eigenvalue weighted by molar-refractivity contribution is 0.124. The Morgan fingerprint density at radius 3 is 2.82 bits per heavy atom. The molecule has 3 nitrogen and oxygen atoms in total. The smallest absolute Gasteiger partial charge is 0.158 e. The number of ether oxygens (including phenoxy) is 1. The van der Waals surface area contributed by atoms with Crippen LogP contribution in [0.5, 0.6) is 0 Å². The van der Waals surface area contributed by atoms with E-state index in [0.717, 1.165) is 18.8 Å². The molecule has 0 aliphatic carbocycles. The fraction of sp³-hybridized carbons (Fsp3) is 0.308. The standard InChI is InChI=1S/C13H16N2OS/c14-13-15-8-12(10-17-13)6-7-16-9-11-4-2-1-3-5-11/h1-5,8H,6-7,9-10H2,(H2,14,15). The van der Waals surface area contributed by atoms with Crippen LogP contribution in [0.1, 0.15) is 12.0 Å². The van der Waals surface area contributed by atoms with Crippen LogP contribution in [0, 0.1) is 0 Å². The summed E-state index contributed by atoms with van der Waals surface area (Å²) in [4.78, 5) is 4.09. The molecule has 0 radical (unpaired) electrons. The first-order valence-corrected chi connectivity index (χ1v) is 6.59. The van der Waals surface area contributed by atoms with Gasteiger partial charge in [0.1, 0.15) is 0 Å². The fourth-order valence-electron chi connectivity index (χ4n) is 1.50. The Morgan fingerprint density at radius 2 is 2.12 bits per heavy atom. The molecule has 0 amide bonds. The van der Waals surface area contributed by atoms with Crippen LogP contribution in [0.15, 0.2) is 47.1 Å². The van der Waals surface area contributed by atoms with E-state index in [1.165, 1.54) is 11.1 Å². The van der Waals surface area contributed by atoms with E-state index in [0.29, 0.717) is 11.8 Å². The monoisotopic (exact) mass is 248 g/mol. The zero-order chi connectivity index (χ0) is 11.9. The molecule has 0 spiro atoms. The Morgan fingerprint density at radius 1 is 1.29 bits per heavy atom. The predicted molar refractivity (Wildman–Crippen MR) is 72.9 cm³/mol. The van der Waals surface area contributed by atoms with Gasteiger partial charge in [-0.05, 0) is 17.6 Å². The number of nitrogens with zero attached hydrogens (tertiary/aromatic N) is 1. The first kappa shape index (κ1) is 12.2. The van der Waals surface area contributed by atoms with Crippen LogP contribution in [-0.2, 0) is 11.3 Å². The van der Waals surface area contributed by atoms with Gasteiger partial charge in [0, 0.05) is 12.0 Å². The lowest BCUT2D eigenvalue weighted by Crippen LogP contribution is -2.11. The maximum atomic E-state index is 5.62. The SMILES string of the molecule is NC1=NC=C(CCOCc2ccccc2)CS1. The maximum absolute atomic E-state index is 5.62. The van der Waals surface area contributed by atoms with Crippen molar-refractivity contribution in [1.82, 2.24) is 0 Å². The van der Waals surface area contributed by atoms with Gasteiger partial charge < -0.3 is 10.5 Å². The van der Waals surface area contributed by atoms with E-state index in [-0.39, 0.29) is 0 Å². The van der Waals surface area contributed by atoms with Crippen molar-refractivity contribution in [3.63, 3.8) is 0 Å². The Hall–Kier alpha value is -1.26. The minimum Gasteiger partial charge on any atom is -0.378 e. The van der Waals surface area contributed by atoms with E-state index in [9.17, 15) is 0 Å². The summed E-state index contributed by atoms with van der Waals surface area (Å²) in [5.41, 5.74) is 8.06. The van der Waals surface area contributed by atoms with Gasteiger partial charge in [-0.15, -0.1) is 0 Å². The Labute approximate surface area is 106 Å². The zero-order valence-electron chi connectivity index (χ0n) is 9.63. The molecular formula is C13H16N2OS. The summed E-state index contributed by atoms with van der Waals surface area (Å²) < 4.78 is 5.62. The van der Waals surface area contributed by atoms with Gasteiger partial charge in [-0.3, -0.25) is 0 Å². The average molecular weight is 248 g/mol. The van der Waals surface area contributed by atoms with Gasteiger partial charge in [-0.25, -0.2) is 4.99 Å². The number of benzene rings is 1. The number of rotatable bonds is 5. The van der Waals surface area contributed by atoms with Gasteiger partial charge in [0.15, 0.2) is 5.17 Å². The van der Waals surface area contributed by atoms with Crippen molar-refractivity contribution in [2.45, 2.75) is 13.0 Å². The van der Waals surface area contributed by atoms with Crippen LogP contribution in [0.2, 0.25) is 0 Å². The van der Waals surface area contributed by atoms with E-state index >= 15 is 0 Å². The molecule has 0 fully saturated rings. The summed E-state index contributed by atoms with van der Waals surface area (Å²) in [6.45, 7) is 1.41. The third-order valence-corrected chi connectivity index (χ3v) is 3.38. The van der Waals surface area contributed by atoms with E-state index < -0.39 is 0 Å². The molecule has 0 bridgehead atoms. The van der Waals surface area contributed by atoms with Gasteiger partial charge >= 0.3 is 0 Å². The summed E-state index contributed by atoms with van der Waals surface area (Å²) in [5.74, 6) is 0.935. The Balaban J connectivity index is 1.67. The molecule has 0 aromatic heterocycles. The number of aliphatic imine (C=N–C) groups is 1. The van der Waals surface area contributed by atoms with Gasteiger partial charge in [0.2, 0.25) is 0 Å². The second-order valence-electron chi connectivity index (χ2n) is 3.83. The highest BCUT2D eigenvalue weighted by Gasteiger charge is 2.05. The third kappa shape index (κ3) is 4.24. The van der Waals surface area contributed by atoms with E-state index in [1.807, 2.05) is 24.4 Å². The molecule has 2 N–H and O–H groups in total. The van der Waals surface area contributed by atoms with Crippen molar-refractivity contribution in [3.8, 4) is 0 Å². The van der Waals surface area contributed by atoms with E-state index in [4.69, 9.17) is 10.5 Å². The Kier molecular flexibility index (Phi) is 4.64. The first-order chi connectivity index (χ1) is 8.34. The molecule has 1 aromatic rings. The van der Waals surface area contributed by atoms with Crippen LogP contribution in [0.25, 0.3) is 0 Å². The summed E-state index contributed by atoms with van der Waals surface area (Å²) in [6, 6.07) is 10.2. The highest BCUT2D eigenvalue weighted by Crippen LogP contribution is 2.16.